The molecule has 0 saturated carbocycles. The second kappa shape index (κ2) is 11.6. The Balaban J connectivity index is 1.44. The summed E-state index contributed by atoms with van der Waals surface area (Å²) in [7, 11) is 0. The number of carbonyl (C=O) groups excluding carboxylic acids is 3. The molecule has 8 heteroatoms. The highest BCUT2D eigenvalue weighted by Crippen LogP contribution is 2.16. The van der Waals surface area contributed by atoms with Gasteiger partial charge >= 0.3 is 6.09 Å². The molecule has 2 atom stereocenters. The maximum Gasteiger partial charge on any atom is 0.407 e. The van der Waals surface area contributed by atoms with Crippen molar-refractivity contribution in [1.82, 2.24) is 10.6 Å². The van der Waals surface area contributed by atoms with Crippen LogP contribution in [0.15, 0.2) is 72.8 Å². The van der Waals surface area contributed by atoms with E-state index in [0.29, 0.717) is 0 Å². The molecule has 3 aromatic rings. The van der Waals surface area contributed by atoms with E-state index in [9.17, 15) is 19.5 Å². The number of amides is 3. The largest absolute Gasteiger partial charge is 0.445 e. The number of hydrogen-bond donors (Lipinski definition) is 4. The molecule has 0 heterocycles. The van der Waals surface area contributed by atoms with Gasteiger partial charge in [0.2, 0.25) is 11.8 Å². The second-order valence-electron chi connectivity index (χ2n) is 7.71. The average Bonchev–Trinajstić information content (AvgIpc) is 2.81. The summed E-state index contributed by atoms with van der Waals surface area (Å²) in [6, 6.07) is 21.8. The van der Waals surface area contributed by atoms with Crippen LogP contribution in [-0.2, 0) is 27.4 Å². The van der Waals surface area contributed by atoms with E-state index in [1.807, 2.05) is 72.8 Å². The molecule has 33 heavy (non-hydrogen) atoms. The SMILES string of the molecule is NC(=O)[C@@H](Cc1ccc2ccccc2c1)NC(=O)C[C@@H](O)CNC(=O)OCc1ccccc1. The summed E-state index contributed by atoms with van der Waals surface area (Å²) >= 11 is 0. The van der Waals surface area contributed by atoms with Crippen molar-refractivity contribution < 1.29 is 24.2 Å². The van der Waals surface area contributed by atoms with E-state index in [1.54, 1.807) is 0 Å². The lowest BCUT2D eigenvalue weighted by Crippen LogP contribution is -2.47. The Morgan fingerprint density at radius 2 is 1.61 bits per heavy atom. The van der Waals surface area contributed by atoms with Gasteiger partial charge in [-0.1, -0.05) is 72.8 Å². The van der Waals surface area contributed by atoms with Crippen LogP contribution >= 0.6 is 0 Å². The maximum atomic E-state index is 12.3. The Hall–Kier alpha value is -3.91. The van der Waals surface area contributed by atoms with Gasteiger partial charge in [0.05, 0.1) is 12.5 Å². The van der Waals surface area contributed by atoms with E-state index in [2.05, 4.69) is 10.6 Å². The smallest absolute Gasteiger partial charge is 0.407 e. The minimum atomic E-state index is -1.15. The number of benzene rings is 3. The van der Waals surface area contributed by atoms with E-state index >= 15 is 0 Å². The third-order valence-electron chi connectivity index (χ3n) is 5.05. The van der Waals surface area contributed by atoms with Crippen LogP contribution < -0.4 is 16.4 Å². The third kappa shape index (κ3) is 7.62. The van der Waals surface area contributed by atoms with Crippen molar-refractivity contribution in [2.45, 2.75) is 31.6 Å². The van der Waals surface area contributed by atoms with Crippen LogP contribution in [0.25, 0.3) is 10.8 Å². The molecule has 8 nitrogen and oxygen atoms in total. The third-order valence-corrected chi connectivity index (χ3v) is 5.05. The first-order chi connectivity index (χ1) is 15.9. The minimum Gasteiger partial charge on any atom is -0.445 e. The van der Waals surface area contributed by atoms with Crippen LogP contribution in [0.4, 0.5) is 4.79 Å². The molecule has 0 aromatic heterocycles. The van der Waals surface area contributed by atoms with Crippen molar-refractivity contribution in [1.29, 1.82) is 0 Å². The summed E-state index contributed by atoms with van der Waals surface area (Å²) < 4.78 is 5.05. The summed E-state index contributed by atoms with van der Waals surface area (Å²) in [5, 5.41) is 17.1. The molecule has 5 N–H and O–H groups in total. The highest BCUT2D eigenvalue weighted by molar-refractivity contribution is 5.87. The number of fused-ring (bicyclic) bond motifs is 1. The van der Waals surface area contributed by atoms with E-state index in [1.165, 1.54) is 0 Å². The monoisotopic (exact) mass is 449 g/mol. The minimum absolute atomic E-state index is 0.0956. The molecule has 0 spiro atoms. The van der Waals surface area contributed by atoms with Gasteiger partial charge in [-0.2, -0.15) is 0 Å². The van der Waals surface area contributed by atoms with Gasteiger partial charge in [0, 0.05) is 13.0 Å². The van der Waals surface area contributed by atoms with Crippen molar-refractivity contribution in [3.8, 4) is 0 Å². The molecule has 0 unspecified atom stereocenters. The summed E-state index contributed by atoms with van der Waals surface area (Å²) in [5.41, 5.74) is 7.14. The fourth-order valence-corrected chi connectivity index (χ4v) is 3.34. The fourth-order valence-electron chi connectivity index (χ4n) is 3.34. The van der Waals surface area contributed by atoms with Crippen LogP contribution in [0.5, 0.6) is 0 Å². The molecule has 3 aromatic carbocycles. The number of nitrogens with two attached hydrogens (primary N) is 1. The molecular weight excluding hydrogens is 422 g/mol. The number of nitrogens with one attached hydrogen (secondary N) is 2. The number of aliphatic hydroxyl groups excluding tert-OH is 1. The number of ether oxygens (including phenoxy) is 1. The number of alkyl carbamates (subject to hydrolysis) is 1. The number of primary amides is 1. The van der Waals surface area contributed by atoms with Crippen LogP contribution in [0.1, 0.15) is 17.5 Å². The van der Waals surface area contributed by atoms with Gasteiger partial charge in [-0.05, 0) is 21.9 Å². The summed E-state index contributed by atoms with van der Waals surface area (Å²) in [5.74, 6) is -1.22. The van der Waals surface area contributed by atoms with Crippen LogP contribution in [0, 0.1) is 0 Å². The molecule has 0 bridgehead atoms. The van der Waals surface area contributed by atoms with E-state index in [4.69, 9.17) is 10.5 Å². The molecule has 0 aliphatic carbocycles. The highest BCUT2D eigenvalue weighted by atomic mass is 16.5. The molecule has 0 saturated heterocycles. The molecule has 0 radical (unpaired) electrons. The Morgan fingerprint density at radius 3 is 2.33 bits per heavy atom. The van der Waals surface area contributed by atoms with Gasteiger partial charge < -0.3 is 26.2 Å². The predicted molar refractivity (Wildman–Crippen MR) is 124 cm³/mol. The molecule has 0 fully saturated rings. The maximum absolute atomic E-state index is 12.3. The predicted octanol–water partition coefficient (Wildman–Crippen LogP) is 2.03. The second-order valence-corrected chi connectivity index (χ2v) is 7.71. The van der Waals surface area contributed by atoms with Crippen molar-refractivity contribution in [2.75, 3.05) is 6.54 Å². The van der Waals surface area contributed by atoms with E-state index in [0.717, 1.165) is 21.9 Å². The molecule has 172 valence electrons. The van der Waals surface area contributed by atoms with Crippen LogP contribution in [0.2, 0.25) is 0 Å². The van der Waals surface area contributed by atoms with Crippen molar-refractivity contribution >= 4 is 28.7 Å². The lowest BCUT2D eigenvalue weighted by molar-refractivity contribution is -0.128. The first-order valence-corrected chi connectivity index (χ1v) is 10.6. The van der Waals surface area contributed by atoms with Gasteiger partial charge in [0.25, 0.3) is 0 Å². The Morgan fingerprint density at radius 1 is 0.909 bits per heavy atom. The fraction of sp³-hybridized carbons (Fsp3) is 0.240. The van der Waals surface area contributed by atoms with Gasteiger partial charge in [0.15, 0.2) is 0 Å². The number of hydrogen-bond acceptors (Lipinski definition) is 5. The summed E-state index contributed by atoms with van der Waals surface area (Å²) in [4.78, 5) is 35.9. The first kappa shape index (κ1) is 23.7. The lowest BCUT2D eigenvalue weighted by atomic mass is 10.0. The number of carbonyl (C=O) groups is 3. The van der Waals surface area contributed by atoms with E-state index in [-0.39, 0.29) is 26.0 Å². The van der Waals surface area contributed by atoms with Crippen LogP contribution in [0.3, 0.4) is 0 Å². The lowest BCUT2D eigenvalue weighted by Gasteiger charge is -2.18. The molecule has 0 aliphatic rings. The Kier molecular flexibility index (Phi) is 8.37. The highest BCUT2D eigenvalue weighted by Gasteiger charge is 2.21. The molecule has 0 aliphatic heterocycles. The normalized spacial score (nSPS) is 12.5. The zero-order valence-corrected chi connectivity index (χ0v) is 18.1. The Labute approximate surface area is 191 Å². The number of rotatable bonds is 10. The zero-order valence-electron chi connectivity index (χ0n) is 18.1. The van der Waals surface area contributed by atoms with Crippen molar-refractivity contribution in [3.63, 3.8) is 0 Å². The van der Waals surface area contributed by atoms with E-state index < -0.39 is 30.1 Å². The molecule has 3 amide bonds. The summed E-state index contributed by atoms with van der Waals surface area (Å²) in [6.07, 6.45) is -1.93. The molecular formula is C25H27N3O5. The topological polar surface area (TPSA) is 131 Å². The first-order valence-electron chi connectivity index (χ1n) is 10.6. The van der Waals surface area contributed by atoms with Gasteiger partial charge in [-0.25, -0.2) is 4.79 Å². The standard InChI is InChI=1S/C25H27N3O5/c26-24(31)22(13-18-10-11-19-8-4-5-9-20(19)12-18)28-23(30)14-21(29)15-27-25(32)33-16-17-6-2-1-3-7-17/h1-12,21-22,29H,13-16H2,(H2,26,31)(H,27,32)(H,28,30)/t21-,22-/m1/s1. The zero-order chi connectivity index (χ0) is 23.6. The van der Waals surface area contributed by atoms with Crippen molar-refractivity contribution in [2.24, 2.45) is 5.73 Å². The van der Waals surface area contributed by atoms with Crippen molar-refractivity contribution in [3.05, 3.63) is 83.9 Å². The van der Waals surface area contributed by atoms with Gasteiger partial charge in [0.1, 0.15) is 12.6 Å². The quantitative estimate of drug-likeness (QED) is 0.376. The number of aliphatic hydroxyl groups is 1. The van der Waals surface area contributed by atoms with Crippen LogP contribution in [-0.4, -0.2) is 41.7 Å². The van der Waals surface area contributed by atoms with Gasteiger partial charge in [-0.3, -0.25) is 9.59 Å². The van der Waals surface area contributed by atoms with Gasteiger partial charge in [-0.15, -0.1) is 0 Å². The average molecular weight is 450 g/mol. The summed E-state index contributed by atoms with van der Waals surface area (Å²) in [6.45, 7) is -0.0781. The molecule has 3 rings (SSSR count). The Bertz CT molecular complexity index is 1100.